The van der Waals surface area contributed by atoms with Crippen LogP contribution in [-0.4, -0.2) is 61.4 Å². The highest BCUT2D eigenvalue weighted by molar-refractivity contribution is 7.85. The van der Waals surface area contributed by atoms with Crippen LogP contribution >= 0.6 is 0 Å². The number of hydrogen-bond donors (Lipinski definition) is 1. The normalized spacial score (nSPS) is 40.5. The Bertz CT molecular complexity index is 778. The Labute approximate surface area is 167 Å². The molecule has 4 saturated carbocycles. The van der Waals surface area contributed by atoms with Crippen molar-refractivity contribution in [2.45, 2.75) is 68.9 Å². The first-order valence-electron chi connectivity index (χ1n) is 9.74. The van der Waals surface area contributed by atoms with Crippen molar-refractivity contribution in [3.8, 4) is 0 Å². The van der Waals surface area contributed by atoms with Crippen LogP contribution in [0.2, 0.25) is 0 Å². The molecule has 166 valence electrons. The van der Waals surface area contributed by atoms with Crippen molar-refractivity contribution in [2.24, 2.45) is 17.3 Å². The highest BCUT2D eigenvalue weighted by Gasteiger charge is 2.65. The maximum atomic E-state index is 13.6. The van der Waals surface area contributed by atoms with Gasteiger partial charge in [0.2, 0.25) is 5.60 Å². The first kappa shape index (κ1) is 21.3. The summed E-state index contributed by atoms with van der Waals surface area (Å²) in [5.41, 5.74) is -5.02. The van der Waals surface area contributed by atoms with Gasteiger partial charge in [0.1, 0.15) is 11.9 Å². The van der Waals surface area contributed by atoms with Gasteiger partial charge in [0.15, 0.2) is 0 Å². The molecule has 1 heterocycles. The van der Waals surface area contributed by atoms with Crippen molar-refractivity contribution in [3.63, 3.8) is 0 Å². The maximum Gasteiger partial charge on any atom is 0.429 e. The minimum atomic E-state index is -5.15. The second-order valence-corrected chi connectivity index (χ2v) is 11.0. The lowest BCUT2D eigenvalue weighted by atomic mass is 9.48. The lowest BCUT2D eigenvalue weighted by molar-refractivity contribution is -0.269. The quantitative estimate of drug-likeness (QED) is 0.367. The van der Waals surface area contributed by atoms with E-state index in [1.165, 1.54) is 0 Å². The number of alkyl halides is 3. The van der Waals surface area contributed by atoms with Crippen molar-refractivity contribution in [1.82, 2.24) is 0 Å². The van der Waals surface area contributed by atoms with Crippen LogP contribution in [-0.2, 0) is 29.1 Å². The summed E-state index contributed by atoms with van der Waals surface area (Å²) in [6.45, 7) is 1.50. The van der Waals surface area contributed by atoms with Crippen molar-refractivity contribution in [1.29, 1.82) is 0 Å². The fourth-order valence-corrected chi connectivity index (χ4v) is 6.77. The fraction of sp³-hybridized carbons (Fsp3) is 0.944. The molecular formula is C18H25F3O7S. The van der Waals surface area contributed by atoms with Crippen molar-refractivity contribution < 1.29 is 45.1 Å². The molecule has 4 unspecified atom stereocenters. The van der Waals surface area contributed by atoms with Gasteiger partial charge in [0, 0.05) is 0 Å². The monoisotopic (exact) mass is 442 g/mol. The molecule has 1 saturated heterocycles. The van der Waals surface area contributed by atoms with Crippen molar-refractivity contribution in [2.75, 3.05) is 19.0 Å². The highest BCUT2D eigenvalue weighted by atomic mass is 32.2. The van der Waals surface area contributed by atoms with E-state index in [0.717, 1.165) is 19.3 Å². The molecule has 4 bridgehead atoms. The van der Waals surface area contributed by atoms with E-state index in [1.54, 1.807) is 0 Å². The number of epoxide rings is 1. The first-order valence-corrected chi connectivity index (χ1v) is 11.4. The van der Waals surface area contributed by atoms with Crippen LogP contribution in [0.4, 0.5) is 13.2 Å². The van der Waals surface area contributed by atoms with E-state index in [1.807, 2.05) is 0 Å². The smallest absolute Gasteiger partial charge is 0.429 e. The largest absolute Gasteiger partial charge is 0.448 e. The summed E-state index contributed by atoms with van der Waals surface area (Å²) < 4.78 is 88.2. The first-order chi connectivity index (χ1) is 13.2. The van der Waals surface area contributed by atoms with Crippen LogP contribution in [0.25, 0.3) is 0 Å². The van der Waals surface area contributed by atoms with E-state index < -0.39 is 44.6 Å². The zero-order chi connectivity index (χ0) is 21.3. The molecule has 5 fully saturated rings. The van der Waals surface area contributed by atoms with Gasteiger partial charge < -0.3 is 14.2 Å². The van der Waals surface area contributed by atoms with Gasteiger partial charge in [-0.15, -0.1) is 0 Å². The molecule has 4 aliphatic carbocycles. The summed E-state index contributed by atoms with van der Waals surface area (Å²) in [7, 11) is -5.03. The van der Waals surface area contributed by atoms with Crippen LogP contribution < -0.4 is 0 Å². The molecule has 29 heavy (non-hydrogen) atoms. The number of ether oxygens (including phenoxy) is 3. The number of carbonyl (C=O) groups excluding carboxylic acids is 1. The molecule has 0 aromatic heterocycles. The molecule has 1 aliphatic heterocycles. The number of halogens is 3. The van der Waals surface area contributed by atoms with E-state index in [9.17, 15) is 26.4 Å². The number of hydrogen-bond acceptors (Lipinski definition) is 6. The van der Waals surface area contributed by atoms with Gasteiger partial charge in [-0.25, -0.2) is 0 Å². The zero-order valence-corrected chi connectivity index (χ0v) is 16.9. The van der Waals surface area contributed by atoms with Gasteiger partial charge in [0.05, 0.1) is 24.2 Å². The second-order valence-electron chi connectivity index (χ2n) is 9.54. The van der Waals surface area contributed by atoms with E-state index in [2.05, 4.69) is 0 Å². The molecule has 0 aromatic carbocycles. The summed E-state index contributed by atoms with van der Waals surface area (Å²) in [6, 6.07) is 0. The van der Waals surface area contributed by atoms with Gasteiger partial charge in [-0.3, -0.25) is 9.35 Å². The molecule has 0 radical (unpaired) electrons. The van der Waals surface area contributed by atoms with Gasteiger partial charge in [-0.2, -0.15) is 21.6 Å². The predicted octanol–water partition coefficient (Wildman–Crippen LogP) is 2.49. The molecule has 0 spiro atoms. The Balaban J connectivity index is 1.56. The van der Waals surface area contributed by atoms with E-state index in [4.69, 9.17) is 18.8 Å². The van der Waals surface area contributed by atoms with E-state index >= 15 is 0 Å². The van der Waals surface area contributed by atoms with Crippen LogP contribution in [0.1, 0.15) is 45.4 Å². The van der Waals surface area contributed by atoms with E-state index in [0.29, 0.717) is 33.0 Å². The molecule has 0 aromatic rings. The average molecular weight is 442 g/mol. The number of carbonyl (C=O) groups is 1. The zero-order valence-electron chi connectivity index (χ0n) is 16.0. The van der Waals surface area contributed by atoms with Crippen molar-refractivity contribution in [3.05, 3.63) is 0 Å². The Hall–Kier alpha value is -0.910. The maximum absolute atomic E-state index is 13.6. The summed E-state index contributed by atoms with van der Waals surface area (Å²) in [5.74, 6) is -2.48. The number of rotatable bonds is 7. The third-order valence-electron chi connectivity index (χ3n) is 6.79. The molecule has 4 atom stereocenters. The van der Waals surface area contributed by atoms with Crippen LogP contribution in [0, 0.1) is 17.3 Å². The van der Waals surface area contributed by atoms with E-state index in [-0.39, 0.29) is 24.4 Å². The summed E-state index contributed by atoms with van der Waals surface area (Å²) in [6.07, 6.45) is -1.62. The molecule has 1 N–H and O–H groups in total. The standard InChI is InChI=1S/C18H25F3O7S/c1-15(18(19,20)21,10-29(23,24)25)28-14(22)16-3-11-2-12(4-16)6-17(5-11,9-16)27-8-13-7-26-13/h11-13H,2-10H2,1H3,(H,23,24,25). The fourth-order valence-electron chi connectivity index (χ4n) is 5.85. The molecule has 5 aliphatic rings. The van der Waals surface area contributed by atoms with Crippen LogP contribution in [0.3, 0.4) is 0 Å². The lowest BCUT2D eigenvalue weighted by Gasteiger charge is -2.60. The SMILES string of the molecule is CC(CS(=O)(=O)O)(OC(=O)C12CC3CC(CC(OCC4CO4)(C3)C1)C2)C(F)(F)F. The van der Waals surface area contributed by atoms with Crippen molar-refractivity contribution >= 4 is 16.1 Å². The molecular weight excluding hydrogens is 417 g/mol. The summed E-state index contributed by atoms with van der Waals surface area (Å²) >= 11 is 0. The second kappa shape index (κ2) is 6.54. The average Bonchev–Trinajstić information content (AvgIpc) is 3.33. The topological polar surface area (TPSA) is 102 Å². The third-order valence-corrected chi connectivity index (χ3v) is 7.71. The summed E-state index contributed by atoms with van der Waals surface area (Å²) in [5, 5.41) is 0. The highest BCUT2D eigenvalue weighted by Crippen LogP contribution is 2.63. The van der Waals surface area contributed by atoms with Crippen LogP contribution in [0.5, 0.6) is 0 Å². The molecule has 0 amide bonds. The Kier molecular flexibility index (Phi) is 4.81. The molecule has 11 heteroatoms. The Morgan fingerprint density at radius 3 is 2.28 bits per heavy atom. The van der Waals surface area contributed by atoms with Gasteiger partial charge in [-0.1, -0.05) is 0 Å². The molecule has 5 rings (SSSR count). The lowest BCUT2D eigenvalue weighted by Crippen LogP contribution is -2.61. The van der Waals surface area contributed by atoms with Crippen LogP contribution in [0.15, 0.2) is 0 Å². The third kappa shape index (κ3) is 4.15. The summed E-state index contributed by atoms with van der Waals surface area (Å²) in [4.78, 5) is 13.1. The Morgan fingerprint density at radius 2 is 1.79 bits per heavy atom. The number of esters is 1. The van der Waals surface area contributed by atoms with Gasteiger partial charge in [0.25, 0.3) is 10.1 Å². The minimum Gasteiger partial charge on any atom is -0.448 e. The molecule has 7 nitrogen and oxygen atoms in total. The van der Waals surface area contributed by atoms with Gasteiger partial charge >= 0.3 is 12.1 Å². The predicted molar refractivity (Wildman–Crippen MR) is 92.5 cm³/mol. The minimum absolute atomic E-state index is 0.0363. The van der Waals surface area contributed by atoms with Gasteiger partial charge in [-0.05, 0) is 57.3 Å². The Morgan fingerprint density at radius 1 is 1.21 bits per heavy atom.